The molecule has 128 valence electrons. The molecule has 0 aliphatic heterocycles. The van der Waals surface area contributed by atoms with Gasteiger partial charge in [-0.1, -0.05) is 26.0 Å². The summed E-state index contributed by atoms with van der Waals surface area (Å²) < 4.78 is 5.21. The van der Waals surface area contributed by atoms with Crippen LogP contribution in [0.25, 0.3) is 0 Å². The molecule has 1 heterocycles. The first kappa shape index (κ1) is 17.8. The van der Waals surface area contributed by atoms with E-state index in [2.05, 4.69) is 36.3 Å². The van der Waals surface area contributed by atoms with Crippen LogP contribution in [0.4, 0.5) is 5.82 Å². The van der Waals surface area contributed by atoms with Crippen molar-refractivity contribution in [3.63, 3.8) is 0 Å². The summed E-state index contributed by atoms with van der Waals surface area (Å²) in [5, 5.41) is 3.45. The molecule has 0 saturated heterocycles. The molecule has 1 amide bonds. The molecule has 0 radical (unpaired) electrons. The van der Waals surface area contributed by atoms with Crippen molar-refractivity contribution in [2.45, 2.75) is 19.9 Å². The normalized spacial score (nSPS) is 11.9. The van der Waals surface area contributed by atoms with Crippen molar-refractivity contribution in [3.05, 3.63) is 53.7 Å². The zero-order valence-electron chi connectivity index (χ0n) is 14.9. The summed E-state index contributed by atoms with van der Waals surface area (Å²) in [6.07, 6.45) is 1.61. The molecular weight excluding hydrogens is 302 g/mol. The first-order valence-electron chi connectivity index (χ1n) is 8.00. The smallest absolute Gasteiger partial charge is 0.254 e. The van der Waals surface area contributed by atoms with E-state index in [4.69, 9.17) is 4.74 Å². The Labute approximate surface area is 143 Å². The van der Waals surface area contributed by atoms with Gasteiger partial charge in [-0.2, -0.15) is 0 Å². The zero-order valence-corrected chi connectivity index (χ0v) is 14.9. The van der Waals surface area contributed by atoms with Crippen molar-refractivity contribution in [2.75, 3.05) is 26.5 Å². The van der Waals surface area contributed by atoms with Crippen LogP contribution in [-0.4, -0.2) is 37.0 Å². The van der Waals surface area contributed by atoms with Gasteiger partial charge in [0.25, 0.3) is 5.91 Å². The van der Waals surface area contributed by atoms with Gasteiger partial charge >= 0.3 is 0 Å². The van der Waals surface area contributed by atoms with Crippen LogP contribution < -0.4 is 10.1 Å². The lowest BCUT2D eigenvalue weighted by Gasteiger charge is -2.24. The van der Waals surface area contributed by atoms with Gasteiger partial charge in [0.05, 0.1) is 18.7 Å². The molecule has 0 aliphatic rings. The number of carbonyl (C=O) groups is 1. The van der Waals surface area contributed by atoms with Crippen LogP contribution in [0.5, 0.6) is 5.75 Å². The van der Waals surface area contributed by atoms with E-state index in [1.165, 1.54) is 5.56 Å². The largest absolute Gasteiger partial charge is 0.497 e. The highest BCUT2D eigenvalue weighted by atomic mass is 16.5. The van der Waals surface area contributed by atoms with Crippen LogP contribution in [0.3, 0.4) is 0 Å². The minimum atomic E-state index is -0.0513. The van der Waals surface area contributed by atoms with Gasteiger partial charge in [-0.3, -0.25) is 4.79 Å². The molecule has 0 aliphatic carbocycles. The Morgan fingerprint density at radius 3 is 2.25 bits per heavy atom. The summed E-state index contributed by atoms with van der Waals surface area (Å²) >= 11 is 0. The quantitative estimate of drug-likeness (QED) is 0.881. The van der Waals surface area contributed by atoms with Crippen LogP contribution in [-0.2, 0) is 0 Å². The number of aromatic nitrogens is 1. The molecule has 2 rings (SSSR count). The number of hydrogen-bond donors (Lipinski definition) is 1. The van der Waals surface area contributed by atoms with Gasteiger partial charge in [0.2, 0.25) is 0 Å². The number of amides is 1. The van der Waals surface area contributed by atoms with E-state index in [0.29, 0.717) is 11.5 Å². The monoisotopic (exact) mass is 327 g/mol. The fourth-order valence-corrected chi connectivity index (χ4v) is 2.47. The SMILES string of the molecule is COc1ccc(C(Nc2ccc(C(=O)N(C)C)cn2)C(C)C)cc1. The number of anilines is 1. The Morgan fingerprint density at radius 1 is 1.12 bits per heavy atom. The number of nitrogens with one attached hydrogen (secondary N) is 1. The second-order valence-electron chi connectivity index (χ2n) is 6.27. The van der Waals surface area contributed by atoms with E-state index in [1.807, 2.05) is 18.2 Å². The highest BCUT2D eigenvalue weighted by Gasteiger charge is 2.17. The summed E-state index contributed by atoms with van der Waals surface area (Å²) in [6, 6.07) is 11.8. The molecule has 0 spiro atoms. The Bertz CT molecular complexity index is 664. The molecule has 1 atom stereocenters. The molecule has 0 saturated carbocycles. The third-order valence-corrected chi connectivity index (χ3v) is 3.86. The van der Waals surface area contributed by atoms with Crippen molar-refractivity contribution >= 4 is 11.7 Å². The molecule has 1 aromatic carbocycles. The summed E-state index contributed by atoms with van der Waals surface area (Å²) in [5.74, 6) is 1.92. The van der Waals surface area contributed by atoms with E-state index in [1.54, 1.807) is 38.4 Å². The number of carbonyl (C=O) groups excluding carboxylic acids is 1. The lowest BCUT2D eigenvalue weighted by molar-refractivity contribution is 0.0827. The Morgan fingerprint density at radius 2 is 1.79 bits per heavy atom. The highest BCUT2D eigenvalue weighted by Crippen LogP contribution is 2.27. The van der Waals surface area contributed by atoms with E-state index < -0.39 is 0 Å². The van der Waals surface area contributed by atoms with E-state index >= 15 is 0 Å². The van der Waals surface area contributed by atoms with Crippen LogP contribution in [0.1, 0.15) is 35.8 Å². The predicted octanol–water partition coefficient (Wildman–Crippen LogP) is 3.60. The minimum absolute atomic E-state index is 0.0513. The maximum absolute atomic E-state index is 11.9. The Kier molecular flexibility index (Phi) is 5.79. The molecule has 1 unspecified atom stereocenters. The fraction of sp³-hybridized carbons (Fsp3) is 0.368. The number of methoxy groups -OCH3 is 1. The number of benzene rings is 1. The van der Waals surface area contributed by atoms with Gasteiger partial charge in [0.15, 0.2) is 0 Å². The summed E-state index contributed by atoms with van der Waals surface area (Å²) in [6.45, 7) is 4.32. The average Bonchev–Trinajstić information content (AvgIpc) is 2.59. The zero-order chi connectivity index (χ0) is 17.7. The summed E-state index contributed by atoms with van der Waals surface area (Å²) in [7, 11) is 5.12. The fourth-order valence-electron chi connectivity index (χ4n) is 2.47. The molecule has 5 nitrogen and oxygen atoms in total. The second-order valence-corrected chi connectivity index (χ2v) is 6.27. The van der Waals surface area contributed by atoms with Gasteiger partial charge in [-0.05, 0) is 35.7 Å². The highest BCUT2D eigenvalue weighted by molar-refractivity contribution is 5.93. The van der Waals surface area contributed by atoms with Crippen LogP contribution >= 0.6 is 0 Å². The van der Waals surface area contributed by atoms with Gasteiger partial charge in [-0.25, -0.2) is 4.98 Å². The number of hydrogen-bond acceptors (Lipinski definition) is 4. The van der Waals surface area contributed by atoms with Crippen molar-refractivity contribution in [1.29, 1.82) is 0 Å². The Hall–Kier alpha value is -2.56. The van der Waals surface area contributed by atoms with Crippen molar-refractivity contribution in [1.82, 2.24) is 9.88 Å². The maximum Gasteiger partial charge on any atom is 0.254 e. The topological polar surface area (TPSA) is 54.5 Å². The molecule has 2 aromatic rings. The van der Waals surface area contributed by atoms with Crippen molar-refractivity contribution < 1.29 is 9.53 Å². The van der Waals surface area contributed by atoms with E-state index in [9.17, 15) is 4.79 Å². The standard InChI is InChI=1S/C19H25N3O2/c1-13(2)18(14-6-9-16(24-5)10-7-14)21-17-11-8-15(12-20-17)19(23)22(3)4/h6-13,18H,1-5H3,(H,20,21). The van der Waals surface area contributed by atoms with Crippen LogP contribution in [0.15, 0.2) is 42.6 Å². The van der Waals surface area contributed by atoms with Gasteiger partial charge in [0, 0.05) is 20.3 Å². The number of rotatable bonds is 6. The average molecular weight is 327 g/mol. The van der Waals surface area contributed by atoms with Gasteiger partial charge in [-0.15, -0.1) is 0 Å². The Balaban J connectivity index is 2.17. The van der Waals surface area contributed by atoms with Crippen LogP contribution in [0.2, 0.25) is 0 Å². The van der Waals surface area contributed by atoms with Crippen molar-refractivity contribution in [3.8, 4) is 5.75 Å². The molecule has 1 N–H and O–H groups in total. The summed E-state index contributed by atoms with van der Waals surface area (Å²) in [4.78, 5) is 17.8. The molecule has 0 fully saturated rings. The first-order chi connectivity index (χ1) is 11.4. The molecular formula is C19H25N3O2. The van der Waals surface area contributed by atoms with Crippen molar-refractivity contribution in [2.24, 2.45) is 5.92 Å². The number of nitrogens with zero attached hydrogens (tertiary/aromatic N) is 2. The molecule has 5 heteroatoms. The first-order valence-corrected chi connectivity index (χ1v) is 8.00. The minimum Gasteiger partial charge on any atom is -0.497 e. The summed E-state index contributed by atoms with van der Waals surface area (Å²) in [5.41, 5.74) is 1.75. The number of ether oxygens (including phenoxy) is 1. The molecule has 1 aromatic heterocycles. The third-order valence-electron chi connectivity index (χ3n) is 3.86. The van der Waals surface area contributed by atoms with E-state index in [0.717, 1.165) is 11.6 Å². The lowest BCUT2D eigenvalue weighted by atomic mass is 9.96. The lowest BCUT2D eigenvalue weighted by Crippen LogP contribution is -2.22. The van der Waals surface area contributed by atoms with Gasteiger partial charge < -0.3 is 15.0 Å². The third kappa shape index (κ3) is 4.25. The van der Waals surface area contributed by atoms with E-state index in [-0.39, 0.29) is 11.9 Å². The van der Waals surface area contributed by atoms with Crippen LogP contribution in [0, 0.1) is 5.92 Å². The van der Waals surface area contributed by atoms with Gasteiger partial charge in [0.1, 0.15) is 11.6 Å². The molecule has 0 bridgehead atoms. The predicted molar refractivity (Wildman–Crippen MR) is 96.5 cm³/mol. The molecule has 24 heavy (non-hydrogen) atoms. The number of pyridine rings is 1. The second kappa shape index (κ2) is 7.81. The maximum atomic E-state index is 11.9.